The molecule has 6 heteroatoms. The predicted octanol–water partition coefficient (Wildman–Crippen LogP) is 2.10. The van der Waals surface area contributed by atoms with E-state index >= 15 is 0 Å². The number of benzene rings is 1. The van der Waals surface area contributed by atoms with Gasteiger partial charge in [-0.3, -0.25) is 4.79 Å². The summed E-state index contributed by atoms with van der Waals surface area (Å²) in [5, 5.41) is -1.21. The standard InChI is InChI=1S/C12H12ClF2NO2/c13-10(8-2-1-3-9(14)11(8)15)12(17)16-4-6-18-7-5-16/h1-3,10H,4-7H2. The molecule has 0 bridgehead atoms. The number of carbonyl (C=O) groups is 1. The Morgan fingerprint density at radius 1 is 1.33 bits per heavy atom. The molecule has 0 saturated carbocycles. The van der Waals surface area contributed by atoms with Gasteiger partial charge < -0.3 is 9.64 Å². The normalized spacial score (nSPS) is 17.6. The fraction of sp³-hybridized carbons (Fsp3) is 0.417. The summed E-state index contributed by atoms with van der Waals surface area (Å²) in [6.07, 6.45) is 0. The van der Waals surface area contributed by atoms with Crippen LogP contribution in [-0.4, -0.2) is 37.1 Å². The summed E-state index contributed by atoms with van der Waals surface area (Å²) in [7, 11) is 0. The summed E-state index contributed by atoms with van der Waals surface area (Å²) in [5.41, 5.74) is -0.131. The highest BCUT2D eigenvalue weighted by Gasteiger charge is 2.28. The Morgan fingerprint density at radius 2 is 2.00 bits per heavy atom. The molecule has 1 aliphatic rings. The van der Waals surface area contributed by atoms with E-state index < -0.39 is 22.9 Å². The maximum atomic E-state index is 13.5. The van der Waals surface area contributed by atoms with Crippen LogP contribution in [0.4, 0.5) is 8.78 Å². The van der Waals surface area contributed by atoms with Gasteiger partial charge in [-0.25, -0.2) is 8.78 Å². The average Bonchev–Trinajstić information content (AvgIpc) is 2.41. The van der Waals surface area contributed by atoms with Gasteiger partial charge in [0.05, 0.1) is 13.2 Å². The fourth-order valence-corrected chi connectivity index (χ4v) is 2.10. The van der Waals surface area contributed by atoms with Gasteiger partial charge in [0.15, 0.2) is 11.6 Å². The Kier molecular flexibility index (Phi) is 4.14. The molecule has 1 amide bonds. The van der Waals surface area contributed by atoms with Crippen LogP contribution in [-0.2, 0) is 9.53 Å². The molecule has 1 saturated heterocycles. The Bertz CT molecular complexity index is 450. The molecule has 1 fully saturated rings. The molecule has 18 heavy (non-hydrogen) atoms. The fourth-order valence-electron chi connectivity index (χ4n) is 1.79. The number of carbonyl (C=O) groups excluding carboxylic acids is 1. The lowest BCUT2D eigenvalue weighted by Gasteiger charge is -2.28. The minimum atomic E-state index is -1.21. The van der Waals surface area contributed by atoms with Crippen LogP contribution < -0.4 is 0 Å². The van der Waals surface area contributed by atoms with Gasteiger partial charge in [-0.15, -0.1) is 11.6 Å². The summed E-state index contributed by atoms with van der Waals surface area (Å²) in [6, 6.07) is 3.63. The lowest BCUT2D eigenvalue weighted by molar-refractivity contribution is -0.135. The zero-order valence-electron chi connectivity index (χ0n) is 9.54. The molecule has 1 aromatic carbocycles. The third-order valence-corrected chi connectivity index (χ3v) is 3.22. The first kappa shape index (κ1) is 13.2. The molecule has 1 atom stereocenters. The van der Waals surface area contributed by atoms with Crippen molar-refractivity contribution in [3.8, 4) is 0 Å². The zero-order chi connectivity index (χ0) is 13.1. The number of hydrogen-bond acceptors (Lipinski definition) is 2. The third-order valence-electron chi connectivity index (χ3n) is 2.79. The quantitative estimate of drug-likeness (QED) is 0.774. The maximum absolute atomic E-state index is 13.5. The van der Waals surface area contributed by atoms with Crippen LogP contribution in [0.2, 0.25) is 0 Å². The second kappa shape index (κ2) is 5.63. The summed E-state index contributed by atoms with van der Waals surface area (Å²) < 4.78 is 31.7. The van der Waals surface area contributed by atoms with E-state index in [0.717, 1.165) is 6.07 Å². The van der Waals surface area contributed by atoms with E-state index in [1.807, 2.05) is 0 Å². The first-order chi connectivity index (χ1) is 8.61. The predicted molar refractivity (Wildman–Crippen MR) is 62.4 cm³/mol. The first-order valence-corrected chi connectivity index (χ1v) is 5.99. The minimum absolute atomic E-state index is 0.131. The number of nitrogens with zero attached hydrogens (tertiary/aromatic N) is 1. The monoisotopic (exact) mass is 275 g/mol. The van der Waals surface area contributed by atoms with E-state index in [1.165, 1.54) is 17.0 Å². The van der Waals surface area contributed by atoms with Crippen molar-refractivity contribution in [2.45, 2.75) is 5.38 Å². The van der Waals surface area contributed by atoms with Crippen LogP contribution >= 0.6 is 11.6 Å². The van der Waals surface area contributed by atoms with Gasteiger partial charge >= 0.3 is 0 Å². The van der Waals surface area contributed by atoms with E-state index in [0.29, 0.717) is 26.3 Å². The summed E-state index contributed by atoms with van der Waals surface area (Å²) >= 11 is 5.93. The number of halogens is 3. The summed E-state index contributed by atoms with van der Waals surface area (Å²) in [6.45, 7) is 1.69. The number of rotatable bonds is 2. The van der Waals surface area contributed by atoms with E-state index in [4.69, 9.17) is 16.3 Å². The molecular weight excluding hydrogens is 264 g/mol. The number of ether oxygens (including phenoxy) is 1. The Balaban J connectivity index is 2.17. The largest absolute Gasteiger partial charge is 0.378 e. The lowest BCUT2D eigenvalue weighted by Crippen LogP contribution is -2.42. The van der Waals surface area contributed by atoms with Gasteiger partial charge in [0.2, 0.25) is 5.91 Å². The molecule has 1 aromatic rings. The smallest absolute Gasteiger partial charge is 0.245 e. The molecule has 0 spiro atoms. The molecule has 1 unspecified atom stereocenters. The average molecular weight is 276 g/mol. The highest BCUT2D eigenvalue weighted by molar-refractivity contribution is 6.30. The Morgan fingerprint density at radius 3 is 2.67 bits per heavy atom. The molecule has 1 aliphatic heterocycles. The summed E-state index contributed by atoms with van der Waals surface area (Å²) in [4.78, 5) is 13.5. The molecule has 0 radical (unpaired) electrons. The topological polar surface area (TPSA) is 29.5 Å². The lowest BCUT2D eigenvalue weighted by atomic mass is 10.1. The molecular formula is C12H12ClF2NO2. The number of morpholine rings is 1. The van der Waals surface area contributed by atoms with Crippen molar-refractivity contribution in [2.75, 3.05) is 26.3 Å². The zero-order valence-corrected chi connectivity index (χ0v) is 10.3. The van der Waals surface area contributed by atoms with Gasteiger partial charge in [0, 0.05) is 18.7 Å². The van der Waals surface area contributed by atoms with E-state index in [2.05, 4.69) is 0 Å². The second-order valence-corrected chi connectivity index (χ2v) is 4.38. The van der Waals surface area contributed by atoms with Crippen molar-refractivity contribution >= 4 is 17.5 Å². The SMILES string of the molecule is O=C(C(Cl)c1cccc(F)c1F)N1CCOCC1. The van der Waals surface area contributed by atoms with Crippen LogP contribution in [0.1, 0.15) is 10.9 Å². The van der Waals surface area contributed by atoms with Gasteiger partial charge in [0.1, 0.15) is 5.38 Å². The van der Waals surface area contributed by atoms with Crippen molar-refractivity contribution in [1.29, 1.82) is 0 Å². The van der Waals surface area contributed by atoms with E-state index in [1.54, 1.807) is 0 Å². The van der Waals surface area contributed by atoms with E-state index in [-0.39, 0.29) is 5.56 Å². The maximum Gasteiger partial charge on any atom is 0.245 e. The van der Waals surface area contributed by atoms with Crippen LogP contribution in [0, 0.1) is 11.6 Å². The van der Waals surface area contributed by atoms with Crippen LogP contribution in [0.3, 0.4) is 0 Å². The minimum Gasteiger partial charge on any atom is -0.378 e. The highest BCUT2D eigenvalue weighted by atomic mass is 35.5. The number of alkyl halides is 1. The Labute approximate surface area is 108 Å². The molecule has 3 nitrogen and oxygen atoms in total. The van der Waals surface area contributed by atoms with Gasteiger partial charge in [-0.2, -0.15) is 0 Å². The van der Waals surface area contributed by atoms with Crippen molar-refractivity contribution in [3.63, 3.8) is 0 Å². The van der Waals surface area contributed by atoms with Crippen molar-refractivity contribution in [3.05, 3.63) is 35.4 Å². The number of amides is 1. The van der Waals surface area contributed by atoms with Gasteiger partial charge in [-0.1, -0.05) is 12.1 Å². The summed E-state index contributed by atoms with van der Waals surface area (Å²) in [5.74, 6) is -2.50. The van der Waals surface area contributed by atoms with Gasteiger partial charge in [0.25, 0.3) is 0 Å². The first-order valence-electron chi connectivity index (χ1n) is 5.56. The van der Waals surface area contributed by atoms with Crippen molar-refractivity contribution in [1.82, 2.24) is 4.90 Å². The molecule has 2 rings (SSSR count). The van der Waals surface area contributed by atoms with Crippen LogP contribution in [0.25, 0.3) is 0 Å². The molecule has 0 aromatic heterocycles. The van der Waals surface area contributed by atoms with Crippen molar-refractivity contribution < 1.29 is 18.3 Å². The third kappa shape index (κ3) is 2.62. The van der Waals surface area contributed by atoms with Crippen molar-refractivity contribution in [2.24, 2.45) is 0 Å². The van der Waals surface area contributed by atoms with Crippen LogP contribution in [0.15, 0.2) is 18.2 Å². The second-order valence-electron chi connectivity index (χ2n) is 3.94. The molecule has 1 heterocycles. The molecule has 98 valence electrons. The van der Waals surface area contributed by atoms with E-state index in [9.17, 15) is 13.6 Å². The number of hydrogen-bond donors (Lipinski definition) is 0. The highest BCUT2D eigenvalue weighted by Crippen LogP contribution is 2.27. The molecule has 0 N–H and O–H groups in total. The van der Waals surface area contributed by atoms with Gasteiger partial charge in [-0.05, 0) is 6.07 Å². The Hall–Kier alpha value is -1.20. The molecule has 0 aliphatic carbocycles. The van der Waals surface area contributed by atoms with Crippen LogP contribution in [0.5, 0.6) is 0 Å².